The zero-order valence-corrected chi connectivity index (χ0v) is 17.8. The molecule has 5 atom stereocenters. The summed E-state index contributed by atoms with van der Waals surface area (Å²) in [6, 6.07) is 0. The molecular formula is C10H3Cl11. The second kappa shape index (κ2) is 4.61. The summed E-state index contributed by atoms with van der Waals surface area (Å²) in [5, 5.41) is -1.21. The molecule has 3 aliphatic rings. The molecule has 0 unspecified atom stereocenters. The molecule has 0 aromatic carbocycles. The molecule has 0 nitrogen and oxygen atoms in total. The van der Waals surface area contributed by atoms with Crippen LogP contribution in [0.15, 0.2) is 10.1 Å². The van der Waals surface area contributed by atoms with Gasteiger partial charge in [-0.2, -0.15) is 0 Å². The van der Waals surface area contributed by atoms with E-state index in [0.29, 0.717) is 0 Å². The maximum Gasteiger partial charge on any atom is 0.175 e. The van der Waals surface area contributed by atoms with Gasteiger partial charge in [-0.25, -0.2) is 0 Å². The van der Waals surface area contributed by atoms with E-state index in [1.54, 1.807) is 0 Å². The Morgan fingerprint density at radius 2 is 1.19 bits per heavy atom. The van der Waals surface area contributed by atoms with Crippen molar-refractivity contribution >= 4 is 128 Å². The molecule has 11 heteroatoms. The van der Waals surface area contributed by atoms with Crippen LogP contribution in [0.2, 0.25) is 0 Å². The molecule has 2 saturated carbocycles. The fraction of sp³-hybridized carbons (Fsp3) is 0.800. The SMILES string of the molecule is ClC1=C(Cl)[C@@]2(Cl)C[C@]1(Cl)[C@@]1(Cl)[C@H](Cl)C(Cl)(Cl)C(Cl)(Cl)[C@@]12Cl. The van der Waals surface area contributed by atoms with Crippen molar-refractivity contribution in [2.75, 3.05) is 0 Å². The molecule has 0 aromatic rings. The van der Waals surface area contributed by atoms with Gasteiger partial charge in [0, 0.05) is 0 Å². The van der Waals surface area contributed by atoms with E-state index in [2.05, 4.69) is 0 Å². The third-order valence-corrected chi connectivity index (χ3v) is 12.8. The van der Waals surface area contributed by atoms with Crippen molar-refractivity contribution in [2.45, 2.75) is 40.0 Å². The molecule has 0 spiro atoms. The minimum absolute atomic E-state index is 0.00711. The number of halogens is 11. The van der Waals surface area contributed by atoms with Gasteiger partial charge >= 0.3 is 0 Å². The summed E-state index contributed by atoms with van der Waals surface area (Å²) in [5.41, 5.74) is 0. The van der Waals surface area contributed by atoms with Crippen LogP contribution in [0.3, 0.4) is 0 Å². The third-order valence-electron chi connectivity index (χ3n) is 4.52. The van der Waals surface area contributed by atoms with Crippen LogP contribution in [0, 0.1) is 0 Å². The highest BCUT2D eigenvalue weighted by Crippen LogP contribution is 2.85. The predicted octanol–water partition coefficient (Wildman–Crippen LogP) is 6.97. The van der Waals surface area contributed by atoms with Gasteiger partial charge in [-0.15, -0.1) is 58.0 Å². The largest absolute Gasteiger partial charge is 0.175 e. The van der Waals surface area contributed by atoms with Crippen LogP contribution in [0.4, 0.5) is 0 Å². The minimum Gasteiger partial charge on any atom is -0.118 e. The van der Waals surface area contributed by atoms with Gasteiger partial charge in [-0.1, -0.05) is 69.6 Å². The average Bonchev–Trinajstić information content (AvgIpc) is 2.69. The van der Waals surface area contributed by atoms with Crippen molar-refractivity contribution in [3.05, 3.63) is 10.1 Å². The smallest absolute Gasteiger partial charge is 0.118 e. The average molecular weight is 513 g/mol. The van der Waals surface area contributed by atoms with Gasteiger partial charge in [0.2, 0.25) is 0 Å². The van der Waals surface area contributed by atoms with Gasteiger partial charge in [0.15, 0.2) is 8.67 Å². The highest BCUT2D eigenvalue weighted by molar-refractivity contribution is 6.73. The molecule has 2 fully saturated rings. The van der Waals surface area contributed by atoms with E-state index < -0.39 is 33.5 Å². The molecule has 0 radical (unpaired) electrons. The highest BCUT2D eigenvalue weighted by Gasteiger charge is 2.96. The van der Waals surface area contributed by atoms with Crippen molar-refractivity contribution in [3.63, 3.8) is 0 Å². The first-order valence-corrected chi connectivity index (χ1v) is 9.61. The molecule has 0 aromatic heterocycles. The summed E-state index contributed by atoms with van der Waals surface area (Å²) in [4.78, 5) is -6.64. The Kier molecular flexibility index (Phi) is 4.10. The standard InChI is InChI=1S/C10H3Cl11/c11-2-3(12)6(15)1-5(2,14)7(16)4(13)8(17,18)10(20,21)9(6,7)19/h4H,1H2/t4-,5+,6-,7-,9-/m0/s1. The molecule has 0 heterocycles. The van der Waals surface area contributed by atoms with Crippen molar-refractivity contribution in [3.8, 4) is 0 Å². The van der Waals surface area contributed by atoms with Gasteiger partial charge in [0.1, 0.15) is 19.5 Å². The van der Waals surface area contributed by atoms with Gasteiger partial charge in [0.25, 0.3) is 0 Å². The summed E-state index contributed by atoms with van der Waals surface area (Å²) in [6.07, 6.45) is -0.0119. The maximum absolute atomic E-state index is 6.73. The van der Waals surface area contributed by atoms with Crippen LogP contribution in [-0.4, -0.2) is 33.5 Å². The third kappa shape index (κ3) is 1.50. The molecule has 3 aliphatic carbocycles. The summed E-state index contributed by atoms with van der Waals surface area (Å²) >= 11 is 70.7. The minimum atomic E-state index is -2.05. The first-order chi connectivity index (χ1) is 9.18. The van der Waals surface area contributed by atoms with Crippen LogP contribution >= 0.6 is 128 Å². The van der Waals surface area contributed by atoms with Crippen molar-refractivity contribution in [1.82, 2.24) is 0 Å². The van der Waals surface area contributed by atoms with Gasteiger partial charge in [0.05, 0.1) is 15.4 Å². The van der Waals surface area contributed by atoms with Gasteiger partial charge in [-0.05, 0) is 6.42 Å². The Labute approximate surface area is 176 Å². The number of hydrogen-bond donors (Lipinski definition) is 0. The highest BCUT2D eigenvalue weighted by atomic mass is 35.5. The Bertz CT molecular complexity index is 584. The number of alkyl halides is 9. The van der Waals surface area contributed by atoms with E-state index in [9.17, 15) is 0 Å². The topological polar surface area (TPSA) is 0 Å². The lowest BCUT2D eigenvalue weighted by molar-refractivity contribution is 0.440. The first kappa shape index (κ1) is 18.7. The molecule has 21 heavy (non-hydrogen) atoms. The van der Waals surface area contributed by atoms with E-state index >= 15 is 0 Å². The molecule has 120 valence electrons. The summed E-state index contributed by atoms with van der Waals surface area (Å²) in [6.45, 7) is 0. The lowest BCUT2D eigenvalue weighted by Gasteiger charge is -2.49. The fourth-order valence-electron chi connectivity index (χ4n) is 3.45. The predicted molar refractivity (Wildman–Crippen MR) is 96.2 cm³/mol. The number of rotatable bonds is 0. The first-order valence-electron chi connectivity index (χ1n) is 5.39. The summed E-state index contributed by atoms with van der Waals surface area (Å²) < 4.78 is -3.99. The number of fused-ring (bicyclic) bond motifs is 5. The molecular weight excluding hydrogens is 510 g/mol. The van der Waals surface area contributed by atoms with Crippen LogP contribution in [0.25, 0.3) is 0 Å². The monoisotopic (exact) mass is 508 g/mol. The number of hydrogen-bond acceptors (Lipinski definition) is 0. The lowest BCUT2D eigenvalue weighted by atomic mass is 9.82. The van der Waals surface area contributed by atoms with Crippen LogP contribution in [-0.2, 0) is 0 Å². The van der Waals surface area contributed by atoms with E-state index in [1.807, 2.05) is 0 Å². The van der Waals surface area contributed by atoms with E-state index in [-0.39, 0.29) is 16.5 Å². The van der Waals surface area contributed by atoms with E-state index in [4.69, 9.17) is 128 Å². The molecule has 3 rings (SSSR count). The van der Waals surface area contributed by atoms with E-state index in [0.717, 1.165) is 0 Å². The van der Waals surface area contributed by atoms with Crippen molar-refractivity contribution < 1.29 is 0 Å². The quantitative estimate of drug-likeness (QED) is 0.307. The van der Waals surface area contributed by atoms with Crippen LogP contribution < -0.4 is 0 Å². The zero-order valence-electron chi connectivity index (χ0n) is 9.44. The summed E-state index contributed by atoms with van der Waals surface area (Å²) in [5.74, 6) is 0. The maximum atomic E-state index is 6.73. The second-order valence-corrected chi connectivity index (χ2v) is 11.7. The van der Waals surface area contributed by atoms with E-state index in [1.165, 1.54) is 0 Å². The van der Waals surface area contributed by atoms with Crippen molar-refractivity contribution in [1.29, 1.82) is 0 Å². The van der Waals surface area contributed by atoms with Crippen molar-refractivity contribution in [2.24, 2.45) is 0 Å². The second-order valence-electron chi connectivity index (χ2n) is 5.34. The van der Waals surface area contributed by atoms with Gasteiger partial charge < -0.3 is 0 Å². The molecule has 2 bridgehead atoms. The molecule has 0 aliphatic heterocycles. The Hall–Kier alpha value is 2.93. The Balaban J connectivity index is 2.45. The zero-order chi connectivity index (χ0) is 16.4. The fourth-order valence-corrected chi connectivity index (χ4v) is 9.49. The Morgan fingerprint density at radius 3 is 1.67 bits per heavy atom. The molecule has 0 N–H and O–H groups in total. The molecule has 0 amide bonds. The lowest BCUT2D eigenvalue weighted by Crippen LogP contribution is -2.65. The number of allylic oxidation sites excluding steroid dienone is 2. The Morgan fingerprint density at radius 1 is 0.762 bits per heavy atom. The van der Waals surface area contributed by atoms with Crippen LogP contribution in [0.1, 0.15) is 6.42 Å². The summed E-state index contributed by atoms with van der Waals surface area (Å²) in [7, 11) is 0. The van der Waals surface area contributed by atoms with Gasteiger partial charge in [-0.3, -0.25) is 0 Å². The van der Waals surface area contributed by atoms with Crippen LogP contribution in [0.5, 0.6) is 0 Å². The normalized spacial score (nSPS) is 57.0. The molecule has 0 saturated heterocycles.